The lowest BCUT2D eigenvalue weighted by Crippen LogP contribution is -1.97. The highest BCUT2D eigenvalue weighted by molar-refractivity contribution is 8.06. The first kappa shape index (κ1) is 12.8. The summed E-state index contributed by atoms with van der Waals surface area (Å²) in [5.74, 6) is 3.99. The van der Waals surface area contributed by atoms with E-state index in [0.717, 1.165) is 5.92 Å². The van der Waals surface area contributed by atoms with Crippen LogP contribution in [0.25, 0.3) is 0 Å². The lowest BCUT2D eigenvalue weighted by atomic mass is 10.1. The van der Waals surface area contributed by atoms with E-state index in [2.05, 4.69) is 62.6 Å². The fourth-order valence-electron chi connectivity index (χ4n) is 1.89. The number of fused-ring (bicyclic) bond motifs is 1. The molecule has 1 aromatic heterocycles. The standard InChI is InChI=1S/C13H20S3/c1-5-9(4)11-13-12(14-6-7-15-13)10(16-11)8(2)3/h8-9H,5-7H2,1-4H3. The van der Waals surface area contributed by atoms with Crippen molar-refractivity contribution in [3.8, 4) is 0 Å². The number of hydrogen-bond donors (Lipinski definition) is 0. The van der Waals surface area contributed by atoms with Crippen molar-refractivity contribution in [1.82, 2.24) is 0 Å². The second-order valence-electron chi connectivity index (χ2n) is 4.65. The minimum atomic E-state index is 0.683. The molecule has 2 heterocycles. The Kier molecular flexibility index (Phi) is 4.31. The van der Waals surface area contributed by atoms with Crippen LogP contribution in [0.5, 0.6) is 0 Å². The van der Waals surface area contributed by atoms with Crippen LogP contribution in [-0.4, -0.2) is 11.5 Å². The molecule has 0 aromatic carbocycles. The van der Waals surface area contributed by atoms with Crippen LogP contribution in [-0.2, 0) is 0 Å². The van der Waals surface area contributed by atoms with E-state index in [9.17, 15) is 0 Å². The summed E-state index contributed by atoms with van der Waals surface area (Å²) in [5, 5.41) is 0. The summed E-state index contributed by atoms with van der Waals surface area (Å²) in [6, 6.07) is 0. The van der Waals surface area contributed by atoms with Crippen molar-refractivity contribution < 1.29 is 0 Å². The Morgan fingerprint density at radius 2 is 1.56 bits per heavy atom. The predicted molar refractivity (Wildman–Crippen MR) is 78.6 cm³/mol. The zero-order chi connectivity index (χ0) is 11.7. The first-order valence-corrected chi connectivity index (χ1v) is 8.86. The molecular weight excluding hydrogens is 252 g/mol. The largest absolute Gasteiger partial charge is 0.142 e. The maximum atomic E-state index is 2.37. The Morgan fingerprint density at radius 3 is 2.06 bits per heavy atom. The van der Waals surface area contributed by atoms with E-state index >= 15 is 0 Å². The molecule has 0 fully saturated rings. The van der Waals surface area contributed by atoms with Crippen LogP contribution in [0.1, 0.15) is 55.7 Å². The van der Waals surface area contributed by atoms with E-state index in [0.29, 0.717) is 5.92 Å². The molecule has 0 nitrogen and oxygen atoms in total. The minimum absolute atomic E-state index is 0.683. The molecular formula is C13H20S3. The number of rotatable bonds is 3. The summed E-state index contributed by atoms with van der Waals surface area (Å²) >= 11 is 6.24. The fourth-order valence-corrected chi connectivity index (χ4v) is 6.48. The molecule has 1 aliphatic heterocycles. The summed E-state index contributed by atoms with van der Waals surface area (Å²) < 4.78 is 0. The molecule has 0 radical (unpaired) electrons. The zero-order valence-electron chi connectivity index (χ0n) is 10.5. The molecule has 0 bridgehead atoms. The number of thiophene rings is 1. The number of hydrogen-bond acceptors (Lipinski definition) is 3. The molecule has 1 aromatic rings. The average molecular weight is 273 g/mol. The van der Waals surface area contributed by atoms with Crippen LogP contribution in [0, 0.1) is 0 Å². The van der Waals surface area contributed by atoms with Crippen molar-refractivity contribution in [1.29, 1.82) is 0 Å². The molecule has 1 aliphatic rings. The summed E-state index contributed by atoms with van der Waals surface area (Å²) in [7, 11) is 0. The molecule has 0 N–H and O–H groups in total. The number of thioether (sulfide) groups is 2. The Bertz CT molecular complexity index is 365. The van der Waals surface area contributed by atoms with Gasteiger partial charge in [-0.25, -0.2) is 0 Å². The summed E-state index contributed by atoms with van der Waals surface area (Å²) in [6.07, 6.45) is 1.26. The lowest BCUT2D eigenvalue weighted by molar-refractivity contribution is 0.731. The van der Waals surface area contributed by atoms with Crippen molar-refractivity contribution in [2.24, 2.45) is 0 Å². The van der Waals surface area contributed by atoms with Crippen molar-refractivity contribution in [3.05, 3.63) is 9.75 Å². The molecule has 0 amide bonds. The summed E-state index contributed by atoms with van der Waals surface area (Å²) in [5.41, 5.74) is 0. The van der Waals surface area contributed by atoms with Crippen molar-refractivity contribution >= 4 is 34.9 Å². The molecule has 90 valence electrons. The van der Waals surface area contributed by atoms with Crippen molar-refractivity contribution in [2.45, 2.75) is 55.7 Å². The Morgan fingerprint density at radius 1 is 1.00 bits per heavy atom. The highest BCUT2D eigenvalue weighted by Crippen LogP contribution is 2.50. The third-order valence-corrected chi connectivity index (χ3v) is 7.64. The fraction of sp³-hybridized carbons (Fsp3) is 0.692. The van der Waals surface area contributed by atoms with Gasteiger partial charge in [0, 0.05) is 31.1 Å². The van der Waals surface area contributed by atoms with Gasteiger partial charge in [-0.05, 0) is 18.3 Å². The molecule has 0 saturated heterocycles. The van der Waals surface area contributed by atoms with E-state index in [1.165, 1.54) is 17.9 Å². The summed E-state index contributed by atoms with van der Waals surface area (Å²) in [4.78, 5) is 6.52. The maximum absolute atomic E-state index is 2.37. The molecule has 1 atom stereocenters. The van der Waals surface area contributed by atoms with Crippen LogP contribution in [0.15, 0.2) is 9.79 Å². The van der Waals surface area contributed by atoms with Crippen LogP contribution in [0.2, 0.25) is 0 Å². The van der Waals surface area contributed by atoms with Gasteiger partial charge < -0.3 is 0 Å². The van der Waals surface area contributed by atoms with Gasteiger partial charge in [0.2, 0.25) is 0 Å². The Hall–Kier alpha value is 0.400. The normalized spacial score (nSPS) is 17.6. The molecule has 2 rings (SSSR count). The highest BCUT2D eigenvalue weighted by atomic mass is 32.2. The molecule has 0 saturated carbocycles. The Labute approximate surface area is 112 Å². The molecule has 1 unspecified atom stereocenters. The topological polar surface area (TPSA) is 0 Å². The van der Waals surface area contributed by atoms with Crippen LogP contribution in [0.4, 0.5) is 0 Å². The first-order chi connectivity index (χ1) is 7.65. The molecule has 16 heavy (non-hydrogen) atoms. The monoisotopic (exact) mass is 272 g/mol. The zero-order valence-corrected chi connectivity index (χ0v) is 13.0. The van der Waals surface area contributed by atoms with Crippen molar-refractivity contribution in [3.63, 3.8) is 0 Å². The third-order valence-electron chi connectivity index (χ3n) is 3.03. The van der Waals surface area contributed by atoms with Gasteiger partial charge in [0.1, 0.15) is 0 Å². The maximum Gasteiger partial charge on any atom is 0.0354 e. The van der Waals surface area contributed by atoms with E-state index in [1.807, 2.05) is 0 Å². The van der Waals surface area contributed by atoms with E-state index in [-0.39, 0.29) is 0 Å². The predicted octanol–water partition coefficient (Wildman–Crippen LogP) is 5.58. The van der Waals surface area contributed by atoms with Gasteiger partial charge in [-0.15, -0.1) is 34.9 Å². The third kappa shape index (κ3) is 2.32. The smallest absolute Gasteiger partial charge is 0.0354 e. The molecule has 0 spiro atoms. The SMILES string of the molecule is CCC(C)c1sc(C(C)C)c2c1SCCS2. The van der Waals surface area contributed by atoms with Gasteiger partial charge >= 0.3 is 0 Å². The van der Waals surface area contributed by atoms with Crippen LogP contribution in [0.3, 0.4) is 0 Å². The molecule has 0 aliphatic carbocycles. The van der Waals surface area contributed by atoms with E-state index in [1.54, 1.807) is 19.5 Å². The Balaban J connectivity index is 2.46. The second kappa shape index (κ2) is 5.36. The second-order valence-corrected chi connectivity index (χ2v) is 7.94. The minimum Gasteiger partial charge on any atom is -0.142 e. The van der Waals surface area contributed by atoms with Gasteiger partial charge in [0.15, 0.2) is 0 Å². The average Bonchev–Trinajstić information content (AvgIpc) is 2.67. The first-order valence-electron chi connectivity index (χ1n) is 6.07. The van der Waals surface area contributed by atoms with Gasteiger partial charge in [-0.2, -0.15) is 0 Å². The van der Waals surface area contributed by atoms with E-state index in [4.69, 9.17) is 0 Å². The van der Waals surface area contributed by atoms with E-state index < -0.39 is 0 Å². The summed E-state index contributed by atoms with van der Waals surface area (Å²) in [6.45, 7) is 9.32. The van der Waals surface area contributed by atoms with Crippen LogP contribution < -0.4 is 0 Å². The highest BCUT2D eigenvalue weighted by Gasteiger charge is 2.25. The molecule has 3 heteroatoms. The van der Waals surface area contributed by atoms with Gasteiger partial charge in [-0.3, -0.25) is 0 Å². The van der Waals surface area contributed by atoms with Crippen LogP contribution >= 0.6 is 34.9 Å². The van der Waals surface area contributed by atoms with Gasteiger partial charge in [-0.1, -0.05) is 27.7 Å². The lowest BCUT2D eigenvalue weighted by Gasteiger charge is -2.15. The van der Waals surface area contributed by atoms with Gasteiger partial charge in [0.25, 0.3) is 0 Å². The van der Waals surface area contributed by atoms with Crippen molar-refractivity contribution in [2.75, 3.05) is 11.5 Å². The van der Waals surface area contributed by atoms with Gasteiger partial charge in [0.05, 0.1) is 0 Å². The quantitative estimate of drug-likeness (QED) is 0.704.